The van der Waals surface area contributed by atoms with Crippen molar-refractivity contribution < 1.29 is 23.1 Å². The number of amides is 1. The molecule has 150 valence electrons. The lowest BCUT2D eigenvalue weighted by Gasteiger charge is -2.39. The molecule has 1 aromatic heterocycles. The van der Waals surface area contributed by atoms with E-state index < -0.39 is 18.0 Å². The van der Waals surface area contributed by atoms with Crippen LogP contribution in [-0.2, 0) is 6.18 Å². The van der Waals surface area contributed by atoms with Crippen LogP contribution in [0.4, 0.5) is 23.8 Å². The molecule has 3 unspecified atom stereocenters. The second kappa shape index (κ2) is 8.28. The predicted molar refractivity (Wildman–Crippen MR) is 92.6 cm³/mol. The molecule has 1 amide bonds. The third-order valence-electron chi connectivity index (χ3n) is 5.20. The molecule has 7 nitrogen and oxygen atoms in total. The Kier molecular flexibility index (Phi) is 6.03. The number of alkyl halides is 3. The number of nitrogens with one attached hydrogen (secondary N) is 2. The van der Waals surface area contributed by atoms with Crippen molar-refractivity contribution >= 4 is 11.9 Å². The van der Waals surface area contributed by atoms with E-state index in [1.807, 2.05) is 4.90 Å². The smallest absolute Gasteiger partial charge is 0.434 e. The van der Waals surface area contributed by atoms with E-state index in [9.17, 15) is 18.0 Å². The van der Waals surface area contributed by atoms with Crippen molar-refractivity contribution in [3.63, 3.8) is 0 Å². The Balaban J connectivity index is 1.61. The first kappa shape index (κ1) is 19.7. The molecule has 2 fully saturated rings. The number of halogens is 3. The quantitative estimate of drug-likeness (QED) is 0.736. The van der Waals surface area contributed by atoms with Crippen LogP contribution in [0.25, 0.3) is 0 Å². The summed E-state index contributed by atoms with van der Waals surface area (Å²) in [6.07, 6.45) is 2.00. The fourth-order valence-corrected chi connectivity index (χ4v) is 3.92. The number of anilines is 1. The summed E-state index contributed by atoms with van der Waals surface area (Å²) in [6, 6.07) is 0.0833. The maximum atomic E-state index is 12.6. The van der Waals surface area contributed by atoms with Crippen molar-refractivity contribution in [1.29, 1.82) is 0 Å². The second-order valence-electron chi connectivity index (χ2n) is 7.16. The maximum Gasteiger partial charge on any atom is 0.434 e. The highest BCUT2D eigenvalue weighted by Gasteiger charge is 2.34. The van der Waals surface area contributed by atoms with Crippen LogP contribution >= 0.6 is 0 Å². The number of nitrogens with zero attached hydrogens (tertiary/aromatic N) is 3. The molecule has 2 heterocycles. The van der Waals surface area contributed by atoms with Gasteiger partial charge in [-0.25, -0.2) is 14.8 Å². The van der Waals surface area contributed by atoms with Crippen LogP contribution in [0.1, 0.15) is 44.2 Å². The molecule has 3 N–H and O–H groups in total. The van der Waals surface area contributed by atoms with Gasteiger partial charge < -0.3 is 20.6 Å². The molecular formula is C17H24F3N5O2. The molecule has 0 radical (unpaired) electrons. The fourth-order valence-electron chi connectivity index (χ4n) is 3.92. The Morgan fingerprint density at radius 2 is 1.85 bits per heavy atom. The Bertz CT molecular complexity index is 640. The zero-order valence-electron chi connectivity index (χ0n) is 14.9. The Hall–Kier alpha value is -2.10. The molecule has 1 aliphatic heterocycles. The molecule has 10 heteroatoms. The molecule has 1 aromatic rings. The van der Waals surface area contributed by atoms with Gasteiger partial charge in [0.25, 0.3) is 0 Å². The Morgan fingerprint density at radius 3 is 2.48 bits per heavy atom. The van der Waals surface area contributed by atoms with E-state index in [4.69, 9.17) is 5.11 Å². The van der Waals surface area contributed by atoms with E-state index in [1.54, 1.807) is 0 Å². The minimum Gasteiger partial charge on any atom is -0.465 e. The summed E-state index contributed by atoms with van der Waals surface area (Å²) >= 11 is 0. The van der Waals surface area contributed by atoms with Gasteiger partial charge in [0.05, 0.1) is 12.4 Å². The van der Waals surface area contributed by atoms with Crippen molar-refractivity contribution in [3.05, 3.63) is 18.1 Å². The van der Waals surface area contributed by atoms with Crippen LogP contribution in [0.5, 0.6) is 0 Å². The van der Waals surface area contributed by atoms with Crippen LogP contribution in [0.3, 0.4) is 0 Å². The summed E-state index contributed by atoms with van der Waals surface area (Å²) in [4.78, 5) is 20.3. The molecule has 3 atom stereocenters. The molecule has 0 spiro atoms. The van der Waals surface area contributed by atoms with E-state index in [-0.39, 0.29) is 18.1 Å². The molecule has 3 rings (SSSR count). The van der Waals surface area contributed by atoms with Crippen molar-refractivity contribution in [2.75, 3.05) is 18.0 Å². The summed E-state index contributed by atoms with van der Waals surface area (Å²) in [7, 11) is 0. The van der Waals surface area contributed by atoms with E-state index in [0.717, 1.165) is 44.7 Å². The fraction of sp³-hybridized carbons (Fsp3) is 0.706. The van der Waals surface area contributed by atoms with Crippen molar-refractivity contribution in [2.24, 2.45) is 0 Å². The Labute approximate surface area is 155 Å². The van der Waals surface area contributed by atoms with Crippen molar-refractivity contribution in [3.8, 4) is 0 Å². The van der Waals surface area contributed by atoms with Gasteiger partial charge in [0.2, 0.25) is 0 Å². The van der Waals surface area contributed by atoms with E-state index in [0.29, 0.717) is 18.9 Å². The number of aromatic nitrogens is 2. The lowest BCUT2D eigenvalue weighted by molar-refractivity contribution is -0.141. The first-order chi connectivity index (χ1) is 12.8. The number of carboxylic acid groups (broad SMARTS) is 1. The highest BCUT2D eigenvalue weighted by atomic mass is 19.4. The minimum atomic E-state index is -4.50. The molecule has 1 saturated heterocycles. The zero-order chi connectivity index (χ0) is 19.4. The van der Waals surface area contributed by atoms with Crippen LogP contribution in [0.15, 0.2) is 12.4 Å². The van der Waals surface area contributed by atoms with Gasteiger partial charge >= 0.3 is 12.3 Å². The molecule has 27 heavy (non-hydrogen) atoms. The Morgan fingerprint density at radius 1 is 1.11 bits per heavy atom. The van der Waals surface area contributed by atoms with Gasteiger partial charge in [-0.2, -0.15) is 13.2 Å². The van der Waals surface area contributed by atoms with Gasteiger partial charge in [0.1, 0.15) is 5.82 Å². The topological polar surface area (TPSA) is 90.4 Å². The van der Waals surface area contributed by atoms with Gasteiger partial charge in [-0.15, -0.1) is 0 Å². The van der Waals surface area contributed by atoms with Gasteiger partial charge in [0.15, 0.2) is 5.69 Å². The number of carbonyl (C=O) groups is 1. The highest BCUT2D eigenvalue weighted by Crippen LogP contribution is 2.28. The zero-order valence-corrected chi connectivity index (χ0v) is 14.9. The van der Waals surface area contributed by atoms with Gasteiger partial charge in [-0.3, -0.25) is 0 Å². The first-order valence-corrected chi connectivity index (χ1v) is 9.22. The van der Waals surface area contributed by atoms with E-state index in [1.165, 1.54) is 6.20 Å². The van der Waals surface area contributed by atoms with Gasteiger partial charge in [-0.1, -0.05) is 12.8 Å². The monoisotopic (exact) mass is 387 g/mol. The summed E-state index contributed by atoms with van der Waals surface area (Å²) in [6.45, 7) is 1.32. The van der Waals surface area contributed by atoms with E-state index in [2.05, 4.69) is 20.6 Å². The standard InChI is InChI=1S/C17H24F3N5O2/c18-17(19,20)14-8-22-15(9-21-14)25-7-3-4-11(10-25)23-12-5-1-2-6-13(12)24-16(26)27/h8-9,11-13,23-24H,1-7,10H2,(H,26,27). The molecular weight excluding hydrogens is 363 g/mol. The second-order valence-corrected chi connectivity index (χ2v) is 7.16. The average Bonchev–Trinajstić information content (AvgIpc) is 2.63. The predicted octanol–water partition coefficient (Wildman–Crippen LogP) is 2.63. The van der Waals surface area contributed by atoms with Gasteiger partial charge in [-0.05, 0) is 25.7 Å². The summed E-state index contributed by atoms with van der Waals surface area (Å²) < 4.78 is 37.9. The van der Waals surface area contributed by atoms with Crippen molar-refractivity contribution in [2.45, 2.75) is 62.8 Å². The van der Waals surface area contributed by atoms with Crippen molar-refractivity contribution in [1.82, 2.24) is 20.6 Å². The normalized spacial score (nSPS) is 26.6. The van der Waals surface area contributed by atoms with Crippen LogP contribution in [0.2, 0.25) is 0 Å². The molecule has 1 saturated carbocycles. The number of hydrogen-bond acceptors (Lipinski definition) is 5. The minimum absolute atomic E-state index is 0.0680. The van der Waals surface area contributed by atoms with Gasteiger partial charge in [0, 0.05) is 31.2 Å². The molecule has 0 aromatic carbocycles. The maximum absolute atomic E-state index is 12.6. The summed E-state index contributed by atoms with van der Waals surface area (Å²) in [5.41, 5.74) is -0.997. The lowest BCUT2D eigenvalue weighted by atomic mass is 9.89. The average molecular weight is 387 g/mol. The van der Waals surface area contributed by atoms with Crippen LogP contribution in [-0.4, -0.2) is 52.4 Å². The van der Waals surface area contributed by atoms with Crippen LogP contribution < -0.4 is 15.5 Å². The number of piperidine rings is 1. The van der Waals surface area contributed by atoms with E-state index >= 15 is 0 Å². The molecule has 2 aliphatic rings. The first-order valence-electron chi connectivity index (χ1n) is 9.22. The summed E-state index contributed by atoms with van der Waals surface area (Å²) in [5, 5.41) is 15.2. The number of hydrogen-bond donors (Lipinski definition) is 3. The summed E-state index contributed by atoms with van der Waals surface area (Å²) in [5.74, 6) is 0.429. The van der Waals surface area contributed by atoms with Crippen LogP contribution in [0, 0.1) is 0 Å². The molecule has 0 bridgehead atoms. The lowest BCUT2D eigenvalue weighted by Crippen LogP contribution is -2.57. The molecule has 1 aliphatic carbocycles. The largest absolute Gasteiger partial charge is 0.465 e. The third-order valence-corrected chi connectivity index (χ3v) is 5.20. The third kappa shape index (κ3) is 5.21. The number of rotatable bonds is 4. The SMILES string of the molecule is O=C(O)NC1CCCCC1NC1CCCN(c2cnc(C(F)(F)F)cn2)C1. The highest BCUT2D eigenvalue weighted by molar-refractivity contribution is 5.65.